The van der Waals surface area contributed by atoms with Gasteiger partial charge in [0.2, 0.25) is 0 Å². The van der Waals surface area contributed by atoms with Gasteiger partial charge < -0.3 is 9.84 Å². The highest BCUT2D eigenvalue weighted by Crippen LogP contribution is 2.62. The number of nitrogens with zero attached hydrogens (tertiary/aromatic N) is 1. The van der Waals surface area contributed by atoms with Gasteiger partial charge in [0.1, 0.15) is 5.71 Å². The Labute approximate surface area is 155 Å². The maximum Gasteiger partial charge on any atom is 0.352 e. The van der Waals surface area contributed by atoms with Crippen LogP contribution in [0.5, 0.6) is 0 Å². The Morgan fingerprint density at radius 3 is 2.46 bits per heavy atom. The third kappa shape index (κ3) is 3.09. The van der Waals surface area contributed by atoms with Crippen molar-refractivity contribution in [2.75, 3.05) is 6.61 Å². The van der Waals surface area contributed by atoms with Crippen molar-refractivity contribution < 1.29 is 14.6 Å². The van der Waals surface area contributed by atoms with Gasteiger partial charge in [-0.3, -0.25) is 4.99 Å². The van der Waals surface area contributed by atoms with E-state index in [4.69, 9.17) is 9.73 Å². The Morgan fingerprint density at radius 2 is 1.88 bits per heavy atom. The number of carbonyl (C=O) groups excluding carboxylic acids is 1. The molecule has 4 nitrogen and oxygen atoms in total. The van der Waals surface area contributed by atoms with E-state index in [0.29, 0.717) is 30.6 Å². The molecule has 4 saturated carbocycles. The van der Waals surface area contributed by atoms with Crippen molar-refractivity contribution in [3.05, 3.63) is 35.9 Å². The number of rotatable bonds is 5. The highest BCUT2D eigenvalue weighted by Gasteiger charge is 2.60. The smallest absolute Gasteiger partial charge is 0.352 e. The Morgan fingerprint density at radius 1 is 1.23 bits per heavy atom. The van der Waals surface area contributed by atoms with E-state index in [2.05, 4.69) is 0 Å². The second kappa shape index (κ2) is 6.49. The SMILES string of the molecule is CCOC(=O)C(=N[C@H](C)c1ccccc1)C12CC3CC(CC(O)(C3)C1)C2. The molecule has 5 rings (SSSR count). The van der Waals surface area contributed by atoms with E-state index in [0.717, 1.165) is 31.2 Å². The van der Waals surface area contributed by atoms with E-state index < -0.39 is 5.60 Å². The van der Waals surface area contributed by atoms with E-state index in [1.165, 1.54) is 6.42 Å². The van der Waals surface area contributed by atoms with Gasteiger partial charge in [-0.05, 0) is 69.8 Å². The van der Waals surface area contributed by atoms with Crippen molar-refractivity contribution in [3.63, 3.8) is 0 Å². The van der Waals surface area contributed by atoms with E-state index in [1.54, 1.807) is 0 Å². The lowest BCUT2D eigenvalue weighted by atomic mass is 9.46. The minimum Gasteiger partial charge on any atom is -0.462 e. The summed E-state index contributed by atoms with van der Waals surface area (Å²) in [6, 6.07) is 9.98. The molecule has 4 fully saturated rings. The molecule has 1 N–H and O–H groups in total. The molecule has 0 amide bonds. The van der Waals surface area contributed by atoms with E-state index >= 15 is 0 Å². The summed E-state index contributed by atoms with van der Waals surface area (Å²) in [5.74, 6) is 0.724. The van der Waals surface area contributed by atoms with E-state index in [1.807, 2.05) is 44.2 Å². The number of hydrogen-bond donors (Lipinski definition) is 1. The number of aliphatic imine (C=N–C) groups is 1. The van der Waals surface area contributed by atoms with Gasteiger partial charge in [0.25, 0.3) is 0 Å². The van der Waals surface area contributed by atoms with Crippen molar-refractivity contribution >= 4 is 11.7 Å². The van der Waals surface area contributed by atoms with Crippen LogP contribution in [0.25, 0.3) is 0 Å². The van der Waals surface area contributed by atoms with Gasteiger partial charge >= 0.3 is 5.97 Å². The first-order chi connectivity index (χ1) is 12.4. The Bertz CT molecular complexity index is 697. The highest BCUT2D eigenvalue weighted by atomic mass is 16.5. The van der Waals surface area contributed by atoms with Crippen LogP contribution in [0.4, 0.5) is 0 Å². The maximum absolute atomic E-state index is 12.9. The molecule has 4 aliphatic rings. The van der Waals surface area contributed by atoms with E-state index in [9.17, 15) is 9.90 Å². The van der Waals surface area contributed by atoms with Crippen LogP contribution < -0.4 is 0 Å². The zero-order valence-corrected chi connectivity index (χ0v) is 15.8. The average molecular weight is 355 g/mol. The first-order valence-electron chi connectivity index (χ1n) is 9.96. The molecule has 1 aromatic rings. The molecule has 3 atom stereocenters. The summed E-state index contributed by atoms with van der Waals surface area (Å²) < 4.78 is 5.41. The van der Waals surface area contributed by atoms with Crippen molar-refractivity contribution in [2.24, 2.45) is 22.2 Å². The third-order valence-electron chi connectivity index (χ3n) is 6.61. The van der Waals surface area contributed by atoms with Crippen LogP contribution in [0.1, 0.15) is 64.0 Å². The van der Waals surface area contributed by atoms with Gasteiger partial charge in [-0.1, -0.05) is 30.3 Å². The number of carbonyl (C=O) groups is 1. The van der Waals surface area contributed by atoms with Crippen molar-refractivity contribution in [3.8, 4) is 0 Å². The molecular formula is C22H29NO3. The average Bonchev–Trinajstić information content (AvgIpc) is 2.58. The minimum absolute atomic E-state index is 0.0988. The number of ether oxygens (including phenoxy) is 1. The largest absolute Gasteiger partial charge is 0.462 e. The van der Waals surface area contributed by atoms with Crippen molar-refractivity contribution in [1.82, 2.24) is 0 Å². The quantitative estimate of drug-likeness (QED) is 0.639. The van der Waals surface area contributed by atoms with Gasteiger partial charge in [-0.2, -0.15) is 0 Å². The zero-order chi connectivity index (χ0) is 18.4. The van der Waals surface area contributed by atoms with Crippen LogP contribution in [0.3, 0.4) is 0 Å². The molecular weight excluding hydrogens is 326 g/mol. The predicted octanol–water partition coefficient (Wildman–Crippen LogP) is 4.08. The first kappa shape index (κ1) is 17.7. The van der Waals surface area contributed by atoms with Gasteiger partial charge in [0, 0.05) is 5.41 Å². The number of benzene rings is 1. The Hall–Kier alpha value is -1.68. The molecule has 4 aliphatic carbocycles. The van der Waals surface area contributed by atoms with Crippen LogP contribution in [0.2, 0.25) is 0 Å². The minimum atomic E-state index is -0.618. The zero-order valence-electron chi connectivity index (χ0n) is 15.8. The maximum atomic E-state index is 12.9. The summed E-state index contributed by atoms with van der Waals surface area (Å²) in [5.41, 5.74) is 0.738. The second-order valence-electron chi connectivity index (χ2n) is 8.75. The van der Waals surface area contributed by atoms with Crippen molar-refractivity contribution in [1.29, 1.82) is 0 Å². The molecule has 0 saturated heterocycles. The molecule has 0 heterocycles. The van der Waals surface area contributed by atoms with Crippen molar-refractivity contribution in [2.45, 2.75) is 64.0 Å². The monoisotopic (exact) mass is 355 g/mol. The van der Waals surface area contributed by atoms with Gasteiger partial charge in [-0.15, -0.1) is 0 Å². The van der Waals surface area contributed by atoms with Crippen LogP contribution in [-0.4, -0.2) is 29.0 Å². The molecule has 2 unspecified atom stereocenters. The van der Waals surface area contributed by atoms with Crippen LogP contribution >= 0.6 is 0 Å². The molecule has 0 aromatic heterocycles. The molecule has 1 aromatic carbocycles. The second-order valence-corrected chi connectivity index (χ2v) is 8.75. The van der Waals surface area contributed by atoms with Gasteiger partial charge in [0.05, 0.1) is 18.2 Å². The molecule has 4 heteroatoms. The van der Waals surface area contributed by atoms with Gasteiger partial charge in [0.15, 0.2) is 0 Å². The molecule has 0 spiro atoms. The Balaban J connectivity index is 1.72. The summed E-state index contributed by atoms with van der Waals surface area (Å²) in [6.07, 6.45) is 5.54. The summed E-state index contributed by atoms with van der Waals surface area (Å²) in [7, 11) is 0. The first-order valence-corrected chi connectivity index (χ1v) is 9.96. The fourth-order valence-corrected chi connectivity index (χ4v) is 6.10. The fourth-order valence-electron chi connectivity index (χ4n) is 6.10. The van der Waals surface area contributed by atoms with Crippen LogP contribution in [-0.2, 0) is 9.53 Å². The summed E-state index contributed by atoms with van der Waals surface area (Å²) >= 11 is 0. The summed E-state index contributed by atoms with van der Waals surface area (Å²) in [5, 5.41) is 11.1. The molecule has 140 valence electrons. The van der Waals surface area contributed by atoms with Gasteiger partial charge in [-0.25, -0.2) is 4.79 Å². The Kier molecular flexibility index (Phi) is 4.42. The molecule has 0 radical (unpaired) electrons. The number of aliphatic hydroxyl groups is 1. The third-order valence-corrected chi connectivity index (χ3v) is 6.61. The molecule has 0 aliphatic heterocycles. The normalized spacial score (nSPS) is 36.8. The lowest BCUT2D eigenvalue weighted by Gasteiger charge is -2.60. The lowest BCUT2D eigenvalue weighted by molar-refractivity contribution is -0.149. The summed E-state index contributed by atoms with van der Waals surface area (Å²) in [4.78, 5) is 17.8. The fraction of sp³-hybridized carbons (Fsp3) is 0.636. The topological polar surface area (TPSA) is 58.9 Å². The van der Waals surface area contributed by atoms with Crippen LogP contribution in [0, 0.1) is 17.3 Å². The number of esters is 1. The molecule has 26 heavy (non-hydrogen) atoms. The predicted molar refractivity (Wildman–Crippen MR) is 101 cm³/mol. The molecule has 4 bridgehead atoms. The van der Waals surface area contributed by atoms with E-state index in [-0.39, 0.29) is 17.4 Å². The number of hydrogen-bond acceptors (Lipinski definition) is 4. The van der Waals surface area contributed by atoms with Crippen LogP contribution in [0.15, 0.2) is 35.3 Å². The standard InChI is InChI=1S/C22H29NO3/c1-3-26-20(24)19(23-15(2)18-7-5-4-6-8-18)21-10-16-9-17(11-21)13-22(25,12-16)14-21/h4-8,15-17,25H,3,9-14H2,1-2H3/t15-,16?,17?,21?,22?/m1/s1. The summed E-state index contributed by atoms with van der Waals surface area (Å²) in [6.45, 7) is 4.22. The highest BCUT2D eigenvalue weighted by molar-refractivity contribution is 6.38. The lowest BCUT2D eigenvalue weighted by Crippen LogP contribution is -2.59.